The number of aromatic nitrogens is 1. The van der Waals surface area contributed by atoms with Gasteiger partial charge in [0.15, 0.2) is 0 Å². The number of benzene rings is 1. The molecular weight excluding hydrogens is 248 g/mol. The first-order chi connectivity index (χ1) is 9.04. The number of fused-ring (bicyclic) bond motifs is 1. The molecule has 2 aromatic rings. The Morgan fingerprint density at radius 1 is 1.32 bits per heavy atom. The molecule has 2 unspecified atom stereocenters. The topological polar surface area (TPSA) is 109 Å². The van der Waals surface area contributed by atoms with Crippen molar-refractivity contribution in [3.05, 3.63) is 36.0 Å². The number of nitrogens with two attached hydrogens (primary N) is 1. The summed E-state index contributed by atoms with van der Waals surface area (Å²) in [4.78, 5) is 10.8. The fourth-order valence-electron chi connectivity index (χ4n) is 2.12. The maximum atomic E-state index is 10.8. The molecule has 1 aromatic heterocycles. The number of carboxylic acid groups (broad SMARTS) is 1. The fraction of sp³-hybridized carbons (Fsp3) is 0.308. The molecule has 0 aliphatic heterocycles. The highest BCUT2D eigenvalue weighted by atomic mass is 16.4. The summed E-state index contributed by atoms with van der Waals surface area (Å²) in [5.74, 6) is -0.971. The third kappa shape index (κ3) is 2.60. The van der Waals surface area contributed by atoms with E-state index >= 15 is 0 Å². The molecule has 1 aromatic carbocycles. The molecular formula is C13H16N2O4. The number of hydrogen-bond donors (Lipinski definition) is 4. The lowest BCUT2D eigenvalue weighted by Crippen LogP contribution is -2.27. The van der Waals surface area contributed by atoms with Gasteiger partial charge in [0.25, 0.3) is 0 Å². The van der Waals surface area contributed by atoms with Gasteiger partial charge in [-0.15, -0.1) is 0 Å². The zero-order chi connectivity index (χ0) is 14.0. The second kappa shape index (κ2) is 5.40. The lowest BCUT2D eigenvalue weighted by Gasteiger charge is -2.15. The number of aliphatic hydroxyl groups excluding tert-OH is 2. The largest absolute Gasteiger partial charge is 0.480 e. The number of para-hydroxylation sites is 1. The quantitative estimate of drug-likeness (QED) is 0.611. The van der Waals surface area contributed by atoms with E-state index in [9.17, 15) is 15.0 Å². The average Bonchev–Trinajstić information content (AvgIpc) is 2.75. The van der Waals surface area contributed by atoms with Crippen LogP contribution in [0.2, 0.25) is 0 Å². The monoisotopic (exact) mass is 264 g/mol. The molecule has 6 heteroatoms. The summed E-state index contributed by atoms with van der Waals surface area (Å²) >= 11 is 0. The van der Waals surface area contributed by atoms with Crippen LogP contribution >= 0.6 is 0 Å². The number of carboxylic acids is 1. The molecule has 19 heavy (non-hydrogen) atoms. The van der Waals surface area contributed by atoms with Crippen molar-refractivity contribution in [2.45, 2.75) is 18.8 Å². The van der Waals surface area contributed by atoms with E-state index in [4.69, 9.17) is 10.8 Å². The summed E-state index contributed by atoms with van der Waals surface area (Å²) < 4.78 is 1.53. The summed E-state index contributed by atoms with van der Waals surface area (Å²) in [7, 11) is 0. The van der Waals surface area contributed by atoms with Crippen LogP contribution in [0.5, 0.6) is 0 Å². The van der Waals surface area contributed by atoms with E-state index in [0.717, 1.165) is 0 Å². The number of hydrogen-bond acceptors (Lipinski definition) is 4. The molecule has 0 spiro atoms. The molecule has 0 aliphatic rings. The molecule has 0 amide bonds. The Morgan fingerprint density at radius 2 is 2.00 bits per heavy atom. The van der Waals surface area contributed by atoms with Gasteiger partial charge in [0.1, 0.15) is 12.6 Å². The predicted octanol–water partition coefficient (Wildman–Crippen LogP) is 0.0789. The second-order valence-corrected chi connectivity index (χ2v) is 4.37. The minimum atomic E-state index is -1.13. The molecule has 6 nitrogen and oxygen atoms in total. The maximum absolute atomic E-state index is 10.8. The van der Waals surface area contributed by atoms with E-state index in [-0.39, 0.29) is 13.1 Å². The van der Waals surface area contributed by atoms with Gasteiger partial charge in [-0.25, -0.2) is 0 Å². The molecule has 2 rings (SSSR count). The lowest BCUT2D eigenvalue weighted by atomic mass is 10.0. The SMILES string of the molecule is NCC(O)C(O)c1cn(CC(=O)O)c2ccccc12. The summed E-state index contributed by atoms with van der Waals surface area (Å²) in [6.45, 7) is -0.272. The standard InChI is InChI=1S/C13H16N2O4/c14-5-11(16)13(19)9-6-15(7-12(17)18)10-4-2-1-3-8(9)10/h1-4,6,11,13,16,19H,5,7,14H2,(H,17,18). The van der Waals surface area contributed by atoms with E-state index in [0.29, 0.717) is 16.5 Å². The van der Waals surface area contributed by atoms with Crippen molar-refractivity contribution >= 4 is 16.9 Å². The Balaban J connectivity index is 2.52. The number of aliphatic hydroxyl groups is 2. The minimum Gasteiger partial charge on any atom is -0.480 e. The van der Waals surface area contributed by atoms with Crippen molar-refractivity contribution in [2.24, 2.45) is 5.73 Å². The molecule has 102 valence electrons. The van der Waals surface area contributed by atoms with Gasteiger partial charge in [-0.2, -0.15) is 0 Å². The molecule has 0 bridgehead atoms. The zero-order valence-electron chi connectivity index (χ0n) is 10.2. The normalized spacial score (nSPS) is 14.5. The van der Waals surface area contributed by atoms with Crippen LogP contribution in [0.4, 0.5) is 0 Å². The molecule has 0 radical (unpaired) electrons. The molecule has 0 saturated carbocycles. The third-order valence-electron chi connectivity index (χ3n) is 3.05. The van der Waals surface area contributed by atoms with E-state index in [1.165, 1.54) is 4.57 Å². The Kier molecular flexibility index (Phi) is 3.84. The molecule has 0 aliphatic carbocycles. The molecule has 0 saturated heterocycles. The van der Waals surface area contributed by atoms with E-state index in [1.54, 1.807) is 30.5 Å². The van der Waals surface area contributed by atoms with E-state index < -0.39 is 18.2 Å². The van der Waals surface area contributed by atoms with Crippen LogP contribution in [0.1, 0.15) is 11.7 Å². The fourth-order valence-corrected chi connectivity index (χ4v) is 2.12. The van der Waals surface area contributed by atoms with Crippen molar-refractivity contribution in [1.29, 1.82) is 0 Å². The average molecular weight is 264 g/mol. The van der Waals surface area contributed by atoms with Crippen LogP contribution in [-0.2, 0) is 11.3 Å². The molecule has 5 N–H and O–H groups in total. The highest BCUT2D eigenvalue weighted by Gasteiger charge is 2.22. The van der Waals surface area contributed by atoms with Gasteiger partial charge in [0.05, 0.1) is 6.10 Å². The van der Waals surface area contributed by atoms with E-state index in [1.807, 2.05) is 0 Å². The summed E-state index contributed by atoms with van der Waals surface area (Å²) in [5.41, 5.74) is 6.51. The van der Waals surface area contributed by atoms with Gasteiger partial charge in [0.2, 0.25) is 0 Å². The van der Waals surface area contributed by atoms with Gasteiger partial charge in [-0.05, 0) is 6.07 Å². The van der Waals surface area contributed by atoms with Crippen molar-refractivity contribution in [3.63, 3.8) is 0 Å². The molecule has 0 fully saturated rings. The van der Waals surface area contributed by atoms with Gasteiger partial charge in [0, 0.05) is 29.2 Å². The number of rotatable bonds is 5. The van der Waals surface area contributed by atoms with Gasteiger partial charge < -0.3 is 25.6 Å². The van der Waals surface area contributed by atoms with Crippen LogP contribution in [0.25, 0.3) is 10.9 Å². The van der Waals surface area contributed by atoms with Crippen molar-refractivity contribution < 1.29 is 20.1 Å². The smallest absolute Gasteiger partial charge is 0.323 e. The minimum absolute atomic E-state index is 0.0698. The number of nitrogens with zero attached hydrogens (tertiary/aromatic N) is 1. The van der Waals surface area contributed by atoms with Gasteiger partial charge in [-0.3, -0.25) is 4.79 Å². The van der Waals surface area contributed by atoms with Crippen LogP contribution in [0.15, 0.2) is 30.5 Å². The Morgan fingerprint density at radius 3 is 2.63 bits per heavy atom. The maximum Gasteiger partial charge on any atom is 0.323 e. The molecule has 1 heterocycles. The highest BCUT2D eigenvalue weighted by Crippen LogP contribution is 2.28. The predicted molar refractivity (Wildman–Crippen MR) is 69.6 cm³/mol. The lowest BCUT2D eigenvalue weighted by molar-refractivity contribution is -0.137. The number of carbonyl (C=O) groups is 1. The third-order valence-corrected chi connectivity index (χ3v) is 3.05. The van der Waals surface area contributed by atoms with Crippen molar-refractivity contribution in [3.8, 4) is 0 Å². The van der Waals surface area contributed by atoms with Crippen molar-refractivity contribution in [1.82, 2.24) is 4.57 Å². The first-order valence-electron chi connectivity index (χ1n) is 5.90. The van der Waals surface area contributed by atoms with Gasteiger partial charge in [-0.1, -0.05) is 18.2 Å². The Bertz CT molecular complexity index is 593. The highest BCUT2D eigenvalue weighted by molar-refractivity contribution is 5.85. The van der Waals surface area contributed by atoms with Crippen molar-refractivity contribution in [2.75, 3.05) is 6.54 Å². The van der Waals surface area contributed by atoms with Crippen LogP contribution < -0.4 is 5.73 Å². The first kappa shape index (κ1) is 13.5. The zero-order valence-corrected chi connectivity index (χ0v) is 10.2. The second-order valence-electron chi connectivity index (χ2n) is 4.37. The molecule has 2 atom stereocenters. The van der Waals surface area contributed by atoms with E-state index in [2.05, 4.69) is 0 Å². The Hall–Kier alpha value is -1.89. The first-order valence-corrected chi connectivity index (χ1v) is 5.90. The van der Waals surface area contributed by atoms with Crippen LogP contribution in [0.3, 0.4) is 0 Å². The summed E-state index contributed by atoms with van der Waals surface area (Å²) in [6, 6.07) is 7.12. The van der Waals surface area contributed by atoms with Crippen LogP contribution in [-0.4, -0.2) is 38.5 Å². The Labute approximate surface area is 109 Å². The summed E-state index contributed by atoms with van der Waals surface area (Å²) in [6.07, 6.45) is -0.670. The number of aliphatic carboxylic acids is 1. The summed E-state index contributed by atoms with van der Waals surface area (Å²) in [5, 5.41) is 29.3. The van der Waals surface area contributed by atoms with Gasteiger partial charge >= 0.3 is 5.97 Å². The van der Waals surface area contributed by atoms with Crippen LogP contribution in [0, 0.1) is 0 Å².